The summed E-state index contributed by atoms with van der Waals surface area (Å²) in [6.07, 6.45) is 5.24. The highest BCUT2D eigenvalue weighted by Gasteiger charge is 2.28. The van der Waals surface area contributed by atoms with Gasteiger partial charge in [0.2, 0.25) is 5.91 Å². The van der Waals surface area contributed by atoms with Crippen LogP contribution < -0.4 is 15.2 Å². The number of nitrogens with zero attached hydrogens (tertiary/aromatic N) is 2. The van der Waals surface area contributed by atoms with Crippen LogP contribution in [0.15, 0.2) is 54.5 Å². The Bertz CT molecular complexity index is 1290. The van der Waals surface area contributed by atoms with Crippen LogP contribution in [0, 0.1) is 12.7 Å². The molecule has 1 amide bonds. The minimum Gasteiger partial charge on any atom is -0.495 e. The lowest BCUT2D eigenvalue weighted by Gasteiger charge is -2.20. The van der Waals surface area contributed by atoms with Crippen molar-refractivity contribution in [2.75, 3.05) is 14.2 Å². The number of ether oxygens (including phenoxy) is 2. The lowest BCUT2D eigenvalue weighted by Crippen LogP contribution is -2.29. The third-order valence-electron chi connectivity index (χ3n) is 5.70. The normalized spacial score (nSPS) is 13.2. The molecule has 0 aliphatic carbocycles. The number of carboxylic acids is 1. The Kier molecular flexibility index (Phi) is 8.71. The van der Waals surface area contributed by atoms with E-state index in [1.807, 2.05) is 17.7 Å². The molecule has 2 atom stereocenters. The van der Waals surface area contributed by atoms with Gasteiger partial charge < -0.3 is 24.9 Å². The highest BCUT2D eigenvalue weighted by atomic mass is 35.5. The summed E-state index contributed by atoms with van der Waals surface area (Å²) in [4.78, 5) is 28.3. The van der Waals surface area contributed by atoms with E-state index in [0.29, 0.717) is 16.9 Å². The maximum Gasteiger partial charge on any atom is 0.331 e. The number of halogens is 2. The molecule has 2 unspecified atom stereocenters. The van der Waals surface area contributed by atoms with Gasteiger partial charge in [-0.2, -0.15) is 0 Å². The summed E-state index contributed by atoms with van der Waals surface area (Å²) in [5, 5.41) is 8.94. The van der Waals surface area contributed by atoms with Gasteiger partial charge in [-0.25, -0.2) is 14.2 Å². The first-order valence-corrected chi connectivity index (χ1v) is 11.5. The van der Waals surface area contributed by atoms with Gasteiger partial charge in [-0.3, -0.25) is 4.79 Å². The average molecular weight is 516 g/mol. The van der Waals surface area contributed by atoms with Crippen molar-refractivity contribution in [1.82, 2.24) is 9.55 Å². The molecule has 0 saturated heterocycles. The van der Waals surface area contributed by atoms with Crippen LogP contribution in [-0.4, -0.2) is 46.1 Å². The molecule has 0 bridgehead atoms. The molecule has 1 aromatic heterocycles. The molecule has 3 aromatic rings. The average Bonchev–Trinajstić information content (AvgIpc) is 3.28. The van der Waals surface area contributed by atoms with Crippen molar-refractivity contribution in [3.05, 3.63) is 77.1 Å². The zero-order chi connectivity index (χ0) is 26.4. The van der Waals surface area contributed by atoms with Gasteiger partial charge in [-0.1, -0.05) is 12.1 Å². The third-order valence-corrected chi connectivity index (χ3v) is 6.17. The van der Waals surface area contributed by atoms with Crippen molar-refractivity contribution in [2.45, 2.75) is 31.1 Å². The second kappa shape index (κ2) is 11.7. The number of benzene rings is 2. The number of hydrogen-bond acceptors (Lipinski definition) is 5. The van der Waals surface area contributed by atoms with Crippen molar-refractivity contribution < 1.29 is 28.6 Å². The van der Waals surface area contributed by atoms with E-state index in [1.165, 1.54) is 38.5 Å². The lowest BCUT2D eigenvalue weighted by atomic mass is 9.91. The molecule has 2 aromatic carbocycles. The summed E-state index contributed by atoms with van der Waals surface area (Å²) in [7, 11) is 2.84. The first-order valence-electron chi connectivity index (χ1n) is 11.0. The Morgan fingerprint density at radius 1 is 1.19 bits per heavy atom. The first-order chi connectivity index (χ1) is 17.1. The maximum atomic E-state index is 13.8. The number of aliphatic carboxylic acids is 1. The summed E-state index contributed by atoms with van der Waals surface area (Å²) in [5.41, 5.74) is 8.27. The molecule has 1 heterocycles. The SMILES string of the molecule is COc1cc(C(C(N)=O)C(Cl)CCC(=Cc2ccc(-n3cnc(C)c3)c(OC)c2)C(=O)O)ccc1F. The molecule has 0 spiro atoms. The third kappa shape index (κ3) is 6.23. The molecule has 0 saturated carbocycles. The van der Waals surface area contributed by atoms with E-state index in [0.717, 1.165) is 11.4 Å². The number of imidazole rings is 1. The number of primary amides is 1. The predicted octanol–water partition coefficient (Wildman–Crippen LogP) is 4.46. The summed E-state index contributed by atoms with van der Waals surface area (Å²) in [6, 6.07) is 9.24. The molecule has 36 heavy (non-hydrogen) atoms. The van der Waals surface area contributed by atoms with Gasteiger partial charge in [0.05, 0.1) is 37.8 Å². The van der Waals surface area contributed by atoms with E-state index in [9.17, 15) is 19.1 Å². The Hall–Kier alpha value is -3.85. The van der Waals surface area contributed by atoms with Gasteiger partial charge in [0.25, 0.3) is 0 Å². The second-order valence-electron chi connectivity index (χ2n) is 8.16. The molecular formula is C26H27ClFN3O5. The fraction of sp³-hybridized carbons (Fsp3) is 0.269. The molecular weight excluding hydrogens is 489 g/mol. The summed E-state index contributed by atoms with van der Waals surface area (Å²) >= 11 is 6.52. The molecule has 0 fully saturated rings. The molecule has 0 radical (unpaired) electrons. The Labute approximate surface area is 213 Å². The zero-order valence-electron chi connectivity index (χ0n) is 20.1. The first kappa shape index (κ1) is 26.7. The smallest absolute Gasteiger partial charge is 0.331 e. The number of nitrogens with two attached hydrogens (primary N) is 1. The number of methoxy groups -OCH3 is 2. The lowest BCUT2D eigenvalue weighted by molar-refractivity contribution is -0.132. The van der Waals surface area contributed by atoms with Crippen LogP contribution in [0.3, 0.4) is 0 Å². The Morgan fingerprint density at radius 2 is 1.92 bits per heavy atom. The van der Waals surface area contributed by atoms with Crippen LogP contribution >= 0.6 is 11.6 Å². The van der Waals surface area contributed by atoms with E-state index < -0.39 is 29.0 Å². The van der Waals surface area contributed by atoms with Gasteiger partial charge in [0.15, 0.2) is 11.6 Å². The van der Waals surface area contributed by atoms with Gasteiger partial charge in [-0.05, 0) is 61.2 Å². The van der Waals surface area contributed by atoms with E-state index in [2.05, 4.69) is 4.98 Å². The van der Waals surface area contributed by atoms with Crippen molar-refractivity contribution in [3.8, 4) is 17.2 Å². The summed E-state index contributed by atoms with van der Waals surface area (Å²) in [6.45, 7) is 1.87. The standard InChI is InChI=1S/C26H27ClFN3O5/c1-15-13-31(14-30-15)21-9-4-16(11-23(21)36-3)10-18(26(33)34)5-7-19(27)24(25(29)32)17-6-8-20(28)22(12-17)35-2/h4,6,8-14,19,24H,5,7H2,1-3H3,(H2,29,32)(H,33,34). The van der Waals surface area contributed by atoms with Crippen molar-refractivity contribution in [2.24, 2.45) is 5.73 Å². The van der Waals surface area contributed by atoms with E-state index in [1.54, 1.807) is 24.5 Å². The van der Waals surface area contributed by atoms with E-state index in [-0.39, 0.29) is 24.2 Å². The number of hydrogen-bond donors (Lipinski definition) is 2. The number of amides is 1. The second-order valence-corrected chi connectivity index (χ2v) is 8.72. The van der Waals surface area contributed by atoms with Crippen LogP contribution in [-0.2, 0) is 9.59 Å². The highest BCUT2D eigenvalue weighted by Crippen LogP contribution is 2.32. The number of aryl methyl sites for hydroxylation is 1. The van der Waals surface area contributed by atoms with Gasteiger partial charge in [0.1, 0.15) is 5.75 Å². The van der Waals surface area contributed by atoms with Crippen LogP contribution in [0.5, 0.6) is 11.5 Å². The van der Waals surface area contributed by atoms with E-state index >= 15 is 0 Å². The molecule has 3 rings (SSSR count). The summed E-state index contributed by atoms with van der Waals surface area (Å²) < 4.78 is 26.1. The van der Waals surface area contributed by atoms with Crippen molar-refractivity contribution in [3.63, 3.8) is 0 Å². The molecule has 190 valence electrons. The minimum absolute atomic E-state index is 0.0445. The fourth-order valence-electron chi connectivity index (χ4n) is 3.87. The van der Waals surface area contributed by atoms with Gasteiger partial charge in [0, 0.05) is 17.1 Å². The zero-order valence-corrected chi connectivity index (χ0v) is 20.8. The number of alkyl halides is 1. The number of carbonyl (C=O) groups is 2. The topological polar surface area (TPSA) is 117 Å². The van der Waals surface area contributed by atoms with Crippen LogP contribution in [0.25, 0.3) is 11.8 Å². The maximum absolute atomic E-state index is 13.8. The monoisotopic (exact) mass is 515 g/mol. The minimum atomic E-state index is -1.12. The van der Waals surface area contributed by atoms with Crippen molar-refractivity contribution >= 4 is 29.6 Å². The molecule has 3 N–H and O–H groups in total. The molecule has 10 heteroatoms. The highest BCUT2D eigenvalue weighted by molar-refractivity contribution is 6.22. The quantitative estimate of drug-likeness (QED) is 0.287. The largest absolute Gasteiger partial charge is 0.495 e. The van der Waals surface area contributed by atoms with Gasteiger partial charge >= 0.3 is 5.97 Å². The van der Waals surface area contributed by atoms with Crippen molar-refractivity contribution in [1.29, 1.82) is 0 Å². The molecule has 0 aliphatic heterocycles. The fourth-order valence-corrected chi connectivity index (χ4v) is 4.25. The Morgan fingerprint density at radius 3 is 2.50 bits per heavy atom. The predicted molar refractivity (Wildman–Crippen MR) is 134 cm³/mol. The molecule has 8 nitrogen and oxygen atoms in total. The van der Waals surface area contributed by atoms with Gasteiger partial charge in [-0.15, -0.1) is 11.6 Å². The van der Waals surface area contributed by atoms with Crippen LogP contribution in [0.1, 0.15) is 35.6 Å². The molecule has 0 aliphatic rings. The number of aromatic nitrogens is 2. The number of rotatable bonds is 11. The van der Waals surface area contributed by atoms with Crippen LogP contribution in [0.2, 0.25) is 0 Å². The van der Waals surface area contributed by atoms with Crippen LogP contribution in [0.4, 0.5) is 4.39 Å². The number of carboxylic acid groups (broad SMARTS) is 1. The Balaban J connectivity index is 1.82. The van der Waals surface area contributed by atoms with E-state index in [4.69, 9.17) is 26.8 Å². The number of carbonyl (C=O) groups excluding carboxylic acids is 1. The summed E-state index contributed by atoms with van der Waals surface area (Å²) in [5.74, 6) is -2.88.